The molecule has 0 saturated carbocycles. The first kappa shape index (κ1) is 17.0. The van der Waals surface area contributed by atoms with Crippen LogP contribution in [0, 0.1) is 0 Å². The third-order valence-electron chi connectivity index (χ3n) is 4.43. The number of aromatic nitrogens is 1. The van der Waals surface area contributed by atoms with Crippen LogP contribution in [0.5, 0.6) is 0 Å². The fraction of sp³-hybridized carbons (Fsp3) is 0.368. The Morgan fingerprint density at radius 3 is 2.88 bits per heavy atom. The highest BCUT2D eigenvalue weighted by Gasteiger charge is 2.34. The maximum absolute atomic E-state index is 12.0. The van der Waals surface area contributed by atoms with Gasteiger partial charge in [0.15, 0.2) is 0 Å². The van der Waals surface area contributed by atoms with Crippen molar-refractivity contribution in [1.29, 1.82) is 0 Å². The van der Waals surface area contributed by atoms with Crippen LogP contribution in [0.3, 0.4) is 0 Å². The molecular formula is C19H21BrN2O2. The normalized spacial score (nSPS) is 18.4. The highest BCUT2D eigenvalue weighted by molar-refractivity contribution is 9.10. The number of ether oxygens (including phenoxy) is 1. The van der Waals surface area contributed by atoms with E-state index in [0.717, 1.165) is 27.7 Å². The topological polar surface area (TPSA) is 51.2 Å². The van der Waals surface area contributed by atoms with E-state index in [1.807, 2.05) is 31.3 Å². The lowest BCUT2D eigenvalue weighted by molar-refractivity contribution is 0.0526. The van der Waals surface area contributed by atoms with E-state index in [9.17, 15) is 4.79 Å². The molecule has 126 valence electrons. The molecule has 24 heavy (non-hydrogen) atoms. The van der Waals surface area contributed by atoms with Crippen molar-refractivity contribution in [1.82, 2.24) is 4.98 Å². The van der Waals surface area contributed by atoms with E-state index in [1.165, 1.54) is 0 Å². The summed E-state index contributed by atoms with van der Waals surface area (Å²) in [4.78, 5) is 16.3. The predicted octanol–water partition coefficient (Wildman–Crippen LogP) is 4.86. The number of esters is 1. The van der Waals surface area contributed by atoms with E-state index in [-0.39, 0.29) is 17.4 Å². The standard InChI is InChI=1S/C19H21BrN2O2/c1-4-24-18(23)12-5-6-16-15(8-12)19(2,3)9-17(22-16)13-7-14(20)11-21-10-13/h5-8,10-11,17,22H,4,9H2,1-3H3. The molecule has 0 spiro atoms. The second kappa shape index (κ2) is 6.55. The van der Waals surface area contributed by atoms with Gasteiger partial charge in [0, 0.05) is 22.6 Å². The van der Waals surface area contributed by atoms with Gasteiger partial charge < -0.3 is 10.1 Å². The zero-order valence-electron chi connectivity index (χ0n) is 14.1. The number of hydrogen-bond donors (Lipinski definition) is 1. The number of nitrogens with one attached hydrogen (secondary N) is 1. The van der Waals surface area contributed by atoms with E-state index < -0.39 is 0 Å². The van der Waals surface area contributed by atoms with Crippen LogP contribution in [-0.2, 0) is 10.2 Å². The molecule has 3 rings (SSSR count). The summed E-state index contributed by atoms with van der Waals surface area (Å²) < 4.78 is 6.09. The number of anilines is 1. The van der Waals surface area contributed by atoms with E-state index in [2.05, 4.69) is 46.1 Å². The minimum absolute atomic E-state index is 0.0595. The highest BCUT2D eigenvalue weighted by atomic mass is 79.9. The van der Waals surface area contributed by atoms with Crippen LogP contribution >= 0.6 is 15.9 Å². The molecule has 0 fully saturated rings. The minimum Gasteiger partial charge on any atom is -0.462 e. The summed E-state index contributed by atoms with van der Waals surface area (Å²) in [5.74, 6) is -0.269. The van der Waals surface area contributed by atoms with Crippen LogP contribution < -0.4 is 5.32 Å². The van der Waals surface area contributed by atoms with Crippen molar-refractivity contribution in [2.75, 3.05) is 11.9 Å². The number of nitrogens with zero attached hydrogens (tertiary/aromatic N) is 1. The fourth-order valence-corrected chi connectivity index (χ4v) is 3.63. The van der Waals surface area contributed by atoms with Crippen molar-refractivity contribution in [2.45, 2.75) is 38.6 Å². The molecule has 1 atom stereocenters. The van der Waals surface area contributed by atoms with Gasteiger partial charge in [-0.25, -0.2) is 4.79 Å². The van der Waals surface area contributed by atoms with Gasteiger partial charge in [0.1, 0.15) is 0 Å². The van der Waals surface area contributed by atoms with Gasteiger partial charge in [-0.05, 0) is 70.1 Å². The van der Waals surface area contributed by atoms with Crippen molar-refractivity contribution in [3.8, 4) is 0 Å². The Hall–Kier alpha value is -1.88. The Balaban J connectivity index is 1.95. The van der Waals surface area contributed by atoms with Crippen LogP contribution in [0.4, 0.5) is 5.69 Å². The first-order valence-corrected chi connectivity index (χ1v) is 8.88. The number of rotatable bonds is 3. The maximum Gasteiger partial charge on any atom is 0.338 e. The molecule has 0 aliphatic carbocycles. The molecule has 5 heteroatoms. The van der Waals surface area contributed by atoms with E-state index in [1.54, 1.807) is 6.20 Å². The SMILES string of the molecule is CCOC(=O)c1ccc2c(c1)C(C)(C)CC(c1cncc(Br)c1)N2. The third-order valence-corrected chi connectivity index (χ3v) is 4.87. The molecule has 1 aromatic carbocycles. The second-order valence-electron chi connectivity index (χ2n) is 6.70. The van der Waals surface area contributed by atoms with Gasteiger partial charge in [-0.15, -0.1) is 0 Å². The lowest BCUT2D eigenvalue weighted by Crippen LogP contribution is -2.31. The van der Waals surface area contributed by atoms with E-state index >= 15 is 0 Å². The van der Waals surface area contributed by atoms with Crippen LogP contribution in [0.25, 0.3) is 0 Å². The van der Waals surface area contributed by atoms with Crippen LogP contribution in [0.15, 0.2) is 41.1 Å². The molecular weight excluding hydrogens is 368 g/mol. The smallest absolute Gasteiger partial charge is 0.338 e. The number of halogens is 1. The quantitative estimate of drug-likeness (QED) is 0.763. The molecule has 0 saturated heterocycles. The molecule has 2 aromatic rings. The number of carbonyl (C=O) groups excluding carboxylic acids is 1. The van der Waals surface area contributed by atoms with Crippen LogP contribution in [0.1, 0.15) is 54.7 Å². The number of hydrogen-bond acceptors (Lipinski definition) is 4. The molecule has 1 aromatic heterocycles. The van der Waals surface area contributed by atoms with Gasteiger partial charge in [0.25, 0.3) is 0 Å². The van der Waals surface area contributed by atoms with Crippen LogP contribution in [-0.4, -0.2) is 17.6 Å². The number of benzene rings is 1. The van der Waals surface area contributed by atoms with Crippen molar-refractivity contribution >= 4 is 27.6 Å². The minimum atomic E-state index is -0.269. The van der Waals surface area contributed by atoms with Crippen molar-refractivity contribution < 1.29 is 9.53 Å². The fourth-order valence-electron chi connectivity index (χ4n) is 3.25. The summed E-state index contributed by atoms with van der Waals surface area (Å²) in [6, 6.07) is 8.03. The van der Waals surface area contributed by atoms with Crippen molar-refractivity contribution in [2.24, 2.45) is 0 Å². The van der Waals surface area contributed by atoms with Crippen LogP contribution in [0.2, 0.25) is 0 Å². The van der Waals surface area contributed by atoms with Crippen molar-refractivity contribution in [3.05, 3.63) is 57.8 Å². The molecule has 1 aliphatic heterocycles. The Labute approximate surface area is 150 Å². The maximum atomic E-state index is 12.0. The summed E-state index contributed by atoms with van der Waals surface area (Å²) in [7, 11) is 0. The second-order valence-corrected chi connectivity index (χ2v) is 7.62. The summed E-state index contributed by atoms with van der Waals surface area (Å²) in [6.07, 6.45) is 4.61. The Morgan fingerprint density at radius 1 is 1.38 bits per heavy atom. The van der Waals surface area contributed by atoms with Crippen molar-refractivity contribution in [3.63, 3.8) is 0 Å². The summed E-state index contributed by atoms with van der Waals surface area (Å²) in [5.41, 5.74) is 3.90. The number of fused-ring (bicyclic) bond motifs is 1. The zero-order chi connectivity index (χ0) is 17.3. The predicted molar refractivity (Wildman–Crippen MR) is 98.3 cm³/mol. The molecule has 0 radical (unpaired) electrons. The molecule has 1 N–H and O–H groups in total. The summed E-state index contributed by atoms with van der Waals surface area (Å²) in [5, 5.41) is 3.58. The third kappa shape index (κ3) is 3.31. The van der Waals surface area contributed by atoms with Gasteiger partial charge in [0.2, 0.25) is 0 Å². The van der Waals surface area contributed by atoms with Gasteiger partial charge in [-0.1, -0.05) is 13.8 Å². The molecule has 2 heterocycles. The van der Waals surface area contributed by atoms with Gasteiger partial charge in [-0.2, -0.15) is 0 Å². The van der Waals surface area contributed by atoms with E-state index in [4.69, 9.17) is 4.74 Å². The number of carbonyl (C=O) groups is 1. The molecule has 1 aliphatic rings. The molecule has 4 nitrogen and oxygen atoms in total. The van der Waals surface area contributed by atoms with Gasteiger partial charge >= 0.3 is 5.97 Å². The Kier molecular flexibility index (Phi) is 4.63. The first-order valence-electron chi connectivity index (χ1n) is 8.09. The molecule has 1 unspecified atom stereocenters. The van der Waals surface area contributed by atoms with E-state index in [0.29, 0.717) is 12.2 Å². The highest BCUT2D eigenvalue weighted by Crippen LogP contribution is 2.44. The lowest BCUT2D eigenvalue weighted by Gasteiger charge is -2.39. The van der Waals surface area contributed by atoms with Gasteiger partial charge in [0.05, 0.1) is 18.2 Å². The lowest BCUT2D eigenvalue weighted by atomic mass is 9.74. The zero-order valence-corrected chi connectivity index (χ0v) is 15.7. The summed E-state index contributed by atoms with van der Waals surface area (Å²) >= 11 is 3.49. The molecule has 0 bridgehead atoms. The summed E-state index contributed by atoms with van der Waals surface area (Å²) in [6.45, 7) is 6.62. The molecule has 0 amide bonds. The monoisotopic (exact) mass is 388 g/mol. The average Bonchev–Trinajstić information content (AvgIpc) is 2.54. The van der Waals surface area contributed by atoms with Gasteiger partial charge in [-0.3, -0.25) is 4.98 Å². The average molecular weight is 389 g/mol. The first-order chi connectivity index (χ1) is 11.4. The number of pyridine rings is 1. The largest absolute Gasteiger partial charge is 0.462 e. The Bertz CT molecular complexity index is 774. The Morgan fingerprint density at radius 2 is 2.17 bits per heavy atom.